The summed E-state index contributed by atoms with van der Waals surface area (Å²) in [6.45, 7) is 0. The molecule has 7 heteroatoms. The second-order valence-corrected chi connectivity index (χ2v) is 5.62. The highest BCUT2D eigenvalue weighted by molar-refractivity contribution is 7.99. The summed E-state index contributed by atoms with van der Waals surface area (Å²) in [5.74, 6) is -0.752. The van der Waals surface area contributed by atoms with Crippen molar-refractivity contribution in [1.29, 1.82) is 0 Å². The van der Waals surface area contributed by atoms with E-state index in [1.165, 1.54) is 11.8 Å². The molecule has 0 saturated heterocycles. The maximum atomic E-state index is 12.0. The molecule has 0 aliphatic heterocycles. The Balaban J connectivity index is 1.65. The van der Waals surface area contributed by atoms with E-state index in [1.807, 2.05) is 24.3 Å². The van der Waals surface area contributed by atoms with E-state index in [9.17, 15) is 9.59 Å². The number of hydrogen-bond acceptors (Lipinski definition) is 5. The van der Waals surface area contributed by atoms with Crippen LogP contribution in [0.2, 0.25) is 0 Å². The third-order valence-electron chi connectivity index (χ3n) is 3.07. The van der Waals surface area contributed by atoms with Crippen LogP contribution in [0.5, 0.6) is 0 Å². The quantitative estimate of drug-likeness (QED) is 0.702. The third-order valence-corrected chi connectivity index (χ3v) is 3.90. The minimum Gasteiger partial charge on any atom is -0.431 e. The first-order valence-electron chi connectivity index (χ1n) is 6.80. The average molecular weight is 327 g/mol. The smallest absolute Gasteiger partial charge is 0.257 e. The van der Waals surface area contributed by atoms with Crippen molar-refractivity contribution in [3.8, 4) is 0 Å². The SMILES string of the molecule is NC(=O)c1ccccc1NC(=O)CSc1nc2ccccc2o1. The monoisotopic (exact) mass is 327 g/mol. The molecule has 0 fully saturated rings. The number of benzene rings is 2. The van der Waals surface area contributed by atoms with Crippen LogP contribution < -0.4 is 11.1 Å². The molecule has 3 aromatic rings. The number of nitrogens with two attached hydrogens (primary N) is 1. The maximum Gasteiger partial charge on any atom is 0.257 e. The van der Waals surface area contributed by atoms with Crippen molar-refractivity contribution < 1.29 is 14.0 Å². The number of aromatic nitrogens is 1. The number of fused-ring (bicyclic) bond motifs is 1. The molecule has 0 saturated carbocycles. The van der Waals surface area contributed by atoms with Crippen LogP contribution in [0.4, 0.5) is 5.69 Å². The van der Waals surface area contributed by atoms with Crippen LogP contribution in [-0.2, 0) is 4.79 Å². The molecule has 2 aromatic carbocycles. The lowest BCUT2D eigenvalue weighted by atomic mass is 10.1. The van der Waals surface area contributed by atoms with Gasteiger partial charge in [0.05, 0.1) is 17.0 Å². The maximum absolute atomic E-state index is 12.0. The molecular formula is C16H13N3O3S. The molecule has 0 spiro atoms. The Morgan fingerprint density at radius 1 is 1.13 bits per heavy atom. The number of amides is 2. The minimum absolute atomic E-state index is 0.111. The van der Waals surface area contributed by atoms with Crippen LogP contribution in [0.3, 0.4) is 0 Å². The lowest BCUT2D eigenvalue weighted by molar-refractivity contribution is -0.113. The van der Waals surface area contributed by atoms with Gasteiger partial charge in [-0.05, 0) is 24.3 Å². The summed E-state index contributed by atoms with van der Waals surface area (Å²) >= 11 is 1.18. The van der Waals surface area contributed by atoms with Crippen LogP contribution in [0.1, 0.15) is 10.4 Å². The van der Waals surface area contributed by atoms with Crippen molar-refractivity contribution in [3.05, 3.63) is 54.1 Å². The van der Waals surface area contributed by atoms with E-state index in [2.05, 4.69) is 10.3 Å². The number of thioether (sulfide) groups is 1. The van der Waals surface area contributed by atoms with Crippen LogP contribution in [0.15, 0.2) is 58.2 Å². The van der Waals surface area contributed by atoms with Gasteiger partial charge in [0.15, 0.2) is 5.58 Å². The van der Waals surface area contributed by atoms with Crippen LogP contribution in [0, 0.1) is 0 Å². The molecule has 23 heavy (non-hydrogen) atoms. The molecule has 1 aromatic heterocycles. The zero-order valence-corrected chi connectivity index (χ0v) is 12.8. The molecule has 0 bridgehead atoms. The second kappa shape index (κ2) is 6.53. The van der Waals surface area contributed by atoms with E-state index < -0.39 is 5.91 Å². The van der Waals surface area contributed by atoms with Crippen LogP contribution in [-0.4, -0.2) is 22.6 Å². The molecule has 6 nitrogen and oxygen atoms in total. The fourth-order valence-electron chi connectivity index (χ4n) is 2.03. The summed E-state index contributed by atoms with van der Waals surface area (Å²) in [4.78, 5) is 27.6. The zero-order valence-electron chi connectivity index (χ0n) is 12.0. The van der Waals surface area contributed by atoms with E-state index in [0.717, 1.165) is 5.52 Å². The number of nitrogens with one attached hydrogen (secondary N) is 1. The lowest BCUT2D eigenvalue weighted by Crippen LogP contribution is -2.19. The Labute approximate surface area is 136 Å². The number of nitrogens with zero attached hydrogens (tertiary/aromatic N) is 1. The van der Waals surface area contributed by atoms with E-state index in [-0.39, 0.29) is 17.2 Å². The van der Waals surface area contributed by atoms with Crippen LogP contribution >= 0.6 is 11.8 Å². The normalized spacial score (nSPS) is 10.6. The van der Waals surface area contributed by atoms with Crippen molar-refractivity contribution in [1.82, 2.24) is 4.98 Å². The molecule has 0 radical (unpaired) electrons. The van der Waals surface area contributed by atoms with Crippen molar-refractivity contribution in [2.24, 2.45) is 5.73 Å². The molecule has 0 unspecified atom stereocenters. The molecule has 1 heterocycles. The van der Waals surface area contributed by atoms with Crippen molar-refractivity contribution >= 4 is 40.4 Å². The summed E-state index contributed by atoms with van der Waals surface area (Å²) < 4.78 is 5.53. The standard InChI is InChI=1S/C16H13N3O3S/c17-15(21)10-5-1-2-6-11(10)18-14(20)9-23-16-19-12-7-3-4-8-13(12)22-16/h1-8H,9H2,(H2,17,21)(H,18,20). The number of carbonyl (C=O) groups is 2. The van der Waals surface area contributed by atoms with Crippen molar-refractivity contribution in [3.63, 3.8) is 0 Å². The number of primary amides is 1. The number of anilines is 1. The van der Waals surface area contributed by atoms with E-state index in [1.54, 1.807) is 24.3 Å². The van der Waals surface area contributed by atoms with E-state index >= 15 is 0 Å². The predicted octanol–water partition coefficient (Wildman–Crippen LogP) is 2.66. The Morgan fingerprint density at radius 3 is 2.65 bits per heavy atom. The minimum atomic E-state index is -0.590. The van der Waals surface area contributed by atoms with Crippen molar-refractivity contribution in [2.75, 3.05) is 11.1 Å². The molecule has 116 valence electrons. The van der Waals surface area contributed by atoms with Gasteiger partial charge in [0.1, 0.15) is 5.52 Å². The van der Waals surface area contributed by atoms with Gasteiger partial charge in [0, 0.05) is 0 Å². The van der Waals surface area contributed by atoms with Gasteiger partial charge in [-0.3, -0.25) is 9.59 Å². The number of rotatable bonds is 5. The highest BCUT2D eigenvalue weighted by Crippen LogP contribution is 2.23. The van der Waals surface area contributed by atoms with Crippen molar-refractivity contribution in [2.45, 2.75) is 5.22 Å². The number of oxazole rings is 1. The fourth-order valence-corrected chi connectivity index (χ4v) is 2.67. The first-order chi connectivity index (χ1) is 11.1. The summed E-state index contributed by atoms with van der Waals surface area (Å²) in [5.41, 5.74) is 7.36. The molecule has 0 atom stereocenters. The first-order valence-corrected chi connectivity index (χ1v) is 7.79. The van der Waals surface area contributed by atoms with Gasteiger partial charge in [0.2, 0.25) is 5.91 Å². The second-order valence-electron chi connectivity index (χ2n) is 4.69. The largest absolute Gasteiger partial charge is 0.431 e. The van der Waals surface area contributed by atoms with Gasteiger partial charge in [-0.25, -0.2) is 4.98 Å². The summed E-state index contributed by atoms with van der Waals surface area (Å²) in [7, 11) is 0. The lowest BCUT2D eigenvalue weighted by Gasteiger charge is -2.07. The highest BCUT2D eigenvalue weighted by Gasteiger charge is 2.12. The van der Waals surface area contributed by atoms with Crippen LogP contribution in [0.25, 0.3) is 11.1 Å². The Morgan fingerprint density at radius 2 is 1.87 bits per heavy atom. The topological polar surface area (TPSA) is 98.2 Å². The van der Waals surface area contributed by atoms with Gasteiger partial charge < -0.3 is 15.5 Å². The summed E-state index contributed by atoms with van der Waals surface area (Å²) in [5, 5.41) is 3.09. The molecule has 3 rings (SSSR count). The molecule has 2 amide bonds. The van der Waals surface area contributed by atoms with Gasteiger partial charge >= 0.3 is 0 Å². The first kappa shape index (κ1) is 15.1. The number of carbonyl (C=O) groups excluding carboxylic acids is 2. The highest BCUT2D eigenvalue weighted by atomic mass is 32.2. The van der Waals surface area contributed by atoms with Gasteiger partial charge in [-0.1, -0.05) is 36.0 Å². The number of para-hydroxylation sites is 3. The Hall–Kier alpha value is -2.80. The van der Waals surface area contributed by atoms with Gasteiger partial charge in [0.25, 0.3) is 11.1 Å². The molecule has 3 N–H and O–H groups in total. The fraction of sp³-hybridized carbons (Fsp3) is 0.0625. The van der Waals surface area contributed by atoms with E-state index in [0.29, 0.717) is 16.5 Å². The summed E-state index contributed by atoms with van der Waals surface area (Å²) in [6, 6.07) is 14.0. The predicted molar refractivity (Wildman–Crippen MR) is 88.3 cm³/mol. The Bertz CT molecular complexity index is 843. The number of hydrogen-bond donors (Lipinski definition) is 2. The summed E-state index contributed by atoms with van der Waals surface area (Å²) in [6.07, 6.45) is 0. The average Bonchev–Trinajstić information content (AvgIpc) is 2.96. The molecule has 0 aliphatic carbocycles. The molecular weight excluding hydrogens is 314 g/mol. The Kier molecular flexibility index (Phi) is 4.29. The van der Waals surface area contributed by atoms with E-state index in [4.69, 9.17) is 10.2 Å². The zero-order chi connectivity index (χ0) is 16.2. The third kappa shape index (κ3) is 3.51. The van der Waals surface area contributed by atoms with Gasteiger partial charge in [-0.2, -0.15) is 0 Å². The molecule has 0 aliphatic rings. The van der Waals surface area contributed by atoms with Gasteiger partial charge in [-0.15, -0.1) is 0 Å².